The molecule has 0 aromatic heterocycles. The molecule has 1 fully saturated rings. The summed E-state index contributed by atoms with van der Waals surface area (Å²) in [6.45, 7) is 0. The topological polar surface area (TPSA) is 37.3 Å². The number of rotatable bonds is 3. The van der Waals surface area contributed by atoms with Gasteiger partial charge in [0.1, 0.15) is 11.9 Å². The molecule has 1 aromatic rings. The molecule has 1 aromatic carbocycles. The summed E-state index contributed by atoms with van der Waals surface area (Å²) in [4.78, 5) is 11.6. The van der Waals surface area contributed by atoms with E-state index >= 15 is 0 Å². The van der Waals surface area contributed by atoms with Gasteiger partial charge in [0.05, 0.1) is 5.56 Å². The molecule has 1 N–H and O–H groups in total. The summed E-state index contributed by atoms with van der Waals surface area (Å²) < 4.78 is 13.2. The van der Waals surface area contributed by atoms with Gasteiger partial charge in [-0.25, -0.2) is 4.39 Å². The minimum Gasteiger partial charge on any atom is -0.385 e. The highest BCUT2D eigenvalue weighted by Crippen LogP contribution is 2.34. The molecule has 1 aliphatic carbocycles. The second-order valence-electron chi connectivity index (χ2n) is 3.63. The molecule has 74 valence electrons. The summed E-state index contributed by atoms with van der Waals surface area (Å²) in [6.07, 6.45) is 0.704. The zero-order chi connectivity index (χ0) is 10.1. The molecular weight excluding hydrogens is 183 g/mol. The summed E-state index contributed by atoms with van der Waals surface area (Å²) in [5.74, 6) is -1.01. The van der Waals surface area contributed by atoms with Gasteiger partial charge in [-0.15, -0.1) is 0 Å². The van der Waals surface area contributed by atoms with Crippen LogP contribution >= 0.6 is 0 Å². The van der Waals surface area contributed by atoms with E-state index in [-0.39, 0.29) is 11.5 Å². The minimum atomic E-state index is -1.02. The first-order valence-electron chi connectivity index (χ1n) is 4.67. The Morgan fingerprint density at radius 2 is 2.07 bits per heavy atom. The lowest BCUT2D eigenvalue weighted by atomic mass is 10.0. The van der Waals surface area contributed by atoms with Crippen molar-refractivity contribution in [3.05, 3.63) is 35.6 Å². The number of aliphatic hydroxyl groups is 1. The lowest BCUT2D eigenvalue weighted by Crippen LogP contribution is -2.23. The Kier molecular flexibility index (Phi) is 2.33. The fraction of sp³-hybridized carbons (Fsp3) is 0.364. The average Bonchev–Trinajstić information content (AvgIpc) is 3.00. The third kappa shape index (κ3) is 1.68. The van der Waals surface area contributed by atoms with Crippen molar-refractivity contribution in [2.24, 2.45) is 5.92 Å². The van der Waals surface area contributed by atoms with Crippen molar-refractivity contribution in [1.29, 1.82) is 0 Å². The van der Waals surface area contributed by atoms with Crippen molar-refractivity contribution in [3.63, 3.8) is 0 Å². The number of carbonyl (C=O) groups is 1. The molecule has 0 spiro atoms. The molecule has 1 atom stereocenters. The van der Waals surface area contributed by atoms with Crippen LogP contribution in [0.15, 0.2) is 24.3 Å². The van der Waals surface area contributed by atoms with Crippen LogP contribution in [0.1, 0.15) is 23.2 Å². The van der Waals surface area contributed by atoms with Crippen molar-refractivity contribution in [2.45, 2.75) is 18.9 Å². The van der Waals surface area contributed by atoms with E-state index < -0.39 is 17.7 Å². The summed E-state index contributed by atoms with van der Waals surface area (Å²) in [5, 5.41) is 9.52. The number of Topliss-reactive ketones (excluding diaryl/α,β-unsaturated/α-hetero) is 1. The summed E-state index contributed by atoms with van der Waals surface area (Å²) >= 11 is 0. The lowest BCUT2D eigenvalue weighted by Gasteiger charge is -2.08. The van der Waals surface area contributed by atoms with E-state index in [0.717, 1.165) is 12.8 Å². The zero-order valence-corrected chi connectivity index (χ0v) is 7.61. The maximum Gasteiger partial charge on any atom is 0.194 e. The summed E-state index contributed by atoms with van der Waals surface area (Å²) in [6, 6.07) is 5.75. The van der Waals surface area contributed by atoms with E-state index in [0.29, 0.717) is 0 Å². The number of aliphatic hydroxyl groups excluding tert-OH is 1. The second kappa shape index (κ2) is 3.50. The van der Waals surface area contributed by atoms with Crippen molar-refractivity contribution in [3.8, 4) is 0 Å². The maximum absolute atomic E-state index is 13.2. The van der Waals surface area contributed by atoms with Gasteiger partial charge in [-0.2, -0.15) is 0 Å². The van der Waals surface area contributed by atoms with Crippen LogP contribution in [0.4, 0.5) is 4.39 Å². The third-order valence-corrected chi connectivity index (χ3v) is 2.48. The van der Waals surface area contributed by atoms with Crippen LogP contribution in [0.2, 0.25) is 0 Å². The molecule has 14 heavy (non-hydrogen) atoms. The fourth-order valence-electron chi connectivity index (χ4n) is 1.45. The molecule has 2 rings (SSSR count). The largest absolute Gasteiger partial charge is 0.385 e. The Balaban J connectivity index is 2.21. The fourth-order valence-corrected chi connectivity index (χ4v) is 1.45. The smallest absolute Gasteiger partial charge is 0.194 e. The van der Waals surface area contributed by atoms with Crippen LogP contribution in [-0.4, -0.2) is 17.0 Å². The van der Waals surface area contributed by atoms with Gasteiger partial charge in [0.15, 0.2) is 5.78 Å². The zero-order valence-electron chi connectivity index (χ0n) is 7.61. The van der Waals surface area contributed by atoms with Crippen LogP contribution in [0.5, 0.6) is 0 Å². The lowest BCUT2D eigenvalue weighted by molar-refractivity contribution is 0.0699. The molecule has 0 heterocycles. The third-order valence-electron chi connectivity index (χ3n) is 2.48. The van der Waals surface area contributed by atoms with Gasteiger partial charge in [0, 0.05) is 0 Å². The normalized spacial score (nSPS) is 17.9. The van der Waals surface area contributed by atoms with Gasteiger partial charge in [0.2, 0.25) is 0 Å². The molecule has 1 saturated carbocycles. The van der Waals surface area contributed by atoms with Gasteiger partial charge in [-0.3, -0.25) is 4.79 Å². The van der Waals surface area contributed by atoms with Gasteiger partial charge < -0.3 is 5.11 Å². The number of hydrogen-bond acceptors (Lipinski definition) is 2. The quantitative estimate of drug-likeness (QED) is 0.745. The first-order chi connectivity index (χ1) is 6.70. The highest BCUT2D eigenvalue weighted by Gasteiger charge is 2.35. The molecule has 3 heteroatoms. The van der Waals surface area contributed by atoms with E-state index in [1.54, 1.807) is 6.07 Å². The highest BCUT2D eigenvalue weighted by molar-refractivity contribution is 5.99. The van der Waals surface area contributed by atoms with Crippen LogP contribution in [0.25, 0.3) is 0 Å². The molecule has 1 unspecified atom stereocenters. The van der Waals surface area contributed by atoms with E-state index in [1.807, 2.05) is 0 Å². The molecular formula is C11H11FO2. The Morgan fingerprint density at radius 1 is 1.43 bits per heavy atom. The Bertz CT molecular complexity index is 358. The van der Waals surface area contributed by atoms with Crippen LogP contribution in [-0.2, 0) is 0 Å². The average molecular weight is 194 g/mol. The van der Waals surface area contributed by atoms with Crippen LogP contribution in [0, 0.1) is 11.7 Å². The number of carbonyl (C=O) groups excluding carboxylic acids is 1. The van der Waals surface area contributed by atoms with Gasteiger partial charge >= 0.3 is 0 Å². The number of benzene rings is 1. The van der Waals surface area contributed by atoms with Crippen molar-refractivity contribution in [2.75, 3.05) is 0 Å². The summed E-state index contributed by atoms with van der Waals surface area (Å²) in [7, 11) is 0. The SMILES string of the molecule is O=C(c1ccccc1F)C(O)C1CC1. The van der Waals surface area contributed by atoms with Crippen molar-refractivity contribution < 1.29 is 14.3 Å². The molecule has 0 radical (unpaired) electrons. The van der Waals surface area contributed by atoms with Gasteiger partial charge in [-0.05, 0) is 30.9 Å². The molecule has 1 aliphatic rings. The molecule has 0 bridgehead atoms. The predicted molar refractivity (Wildman–Crippen MR) is 49.5 cm³/mol. The molecule has 0 saturated heterocycles. The number of halogens is 1. The molecule has 0 amide bonds. The first-order valence-corrected chi connectivity index (χ1v) is 4.67. The van der Waals surface area contributed by atoms with Crippen LogP contribution in [0.3, 0.4) is 0 Å². The Labute approximate surface area is 81.4 Å². The first kappa shape index (κ1) is 9.34. The Morgan fingerprint density at radius 3 is 2.64 bits per heavy atom. The van der Waals surface area contributed by atoms with E-state index in [2.05, 4.69) is 0 Å². The standard InChI is InChI=1S/C11H11FO2/c12-9-4-2-1-3-8(9)11(14)10(13)7-5-6-7/h1-4,7,10,13H,5-6H2. The second-order valence-corrected chi connectivity index (χ2v) is 3.63. The highest BCUT2D eigenvalue weighted by atomic mass is 19.1. The maximum atomic E-state index is 13.2. The van der Waals surface area contributed by atoms with E-state index in [1.165, 1.54) is 18.2 Å². The van der Waals surface area contributed by atoms with Crippen molar-refractivity contribution in [1.82, 2.24) is 0 Å². The van der Waals surface area contributed by atoms with E-state index in [4.69, 9.17) is 0 Å². The van der Waals surface area contributed by atoms with Crippen molar-refractivity contribution >= 4 is 5.78 Å². The summed E-state index contributed by atoms with van der Waals surface area (Å²) in [5.41, 5.74) is -0.00750. The number of ketones is 1. The monoisotopic (exact) mass is 194 g/mol. The van der Waals surface area contributed by atoms with Gasteiger partial charge in [-0.1, -0.05) is 12.1 Å². The minimum absolute atomic E-state index is 0.00750. The van der Waals surface area contributed by atoms with Crippen LogP contribution < -0.4 is 0 Å². The Hall–Kier alpha value is -1.22. The number of hydrogen-bond donors (Lipinski definition) is 1. The molecule has 0 aliphatic heterocycles. The van der Waals surface area contributed by atoms with Gasteiger partial charge in [0.25, 0.3) is 0 Å². The predicted octanol–water partition coefficient (Wildman–Crippen LogP) is 1.78. The molecule has 2 nitrogen and oxygen atoms in total. The van der Waals surface area contributed by atoms with E-state index in [9.17, 15) is 14.3 Å².